The molecular weight excluding hydrogens is 268 g/mol. The van der Waals surface area contributed by atoms with Crippen LogP contribution in [0.3, 0.4) is 0 Å². The third kappa shape index (κ3) is 4.03. The van der Waals surface area contributed by atoms with Crippen LogP contribution < -0.4 is 0 Å². The van der Waals surface area contributed by atoms with Crippen LogP contribution in [0.25, 0.3) is 0 Å². The van der Waals surface area contributed by atoms with Crippen molar-refractivity contribution in [3.8, 4) is 0 Å². The topological polar surface area (TPSA) is 71.2 Å². The first-order chi connectivity index (χ1) is 9.99. The first kappa shape index (κ1) is 15.9. The van der Waals surface area contributed by atoms with Gasteiger partial charge in [-0.3, -0.25) is 0 Å². The standard InChI is InChI=1S/C15H26N4O2/c1-11(2)10-13-14(15(20)21)16-17-19(13)9-7-12-6-4-5-8-18(12)3/h11-12H,4-10H2,1-3H3,(H,20,21). The lowest BCUT2D eigenvalue weighted by molar-refractivity contribution is 0.0689. The molecule has 0 radical (unpaired) electrons. The van der Waals surface area contributed by atoms with E-state index in [-0.39, 0.29) is 5.69 Å². The molecule has 0 amide bonds. The van der Waals surface area contributed by atoms with E-state index in [9.17, 15) is 9.90 Å². The predicted molar refractivity (Wildman–Crippen MR) is 80.4 cm³/mol. The first-order valence-electron chi connectivity index (χ1n) is 7.85. The second-order valence-corrected chi connectivity index (χ2v) is 6.43. The SMILES string of the molecule is CC(C)Cc1c(C(=O)O)nnn1CCC1CCCCN1C. The molecule has 0 aliphatic carbocycles. The molecule has 21 heavy (non-hydrogen) atoms. The lowest BCUT2D eigenvalue weighted by Gasteiger charge is -2.32. The van der Waals surface area contributed by atoms with Crippen molar-refractivity contribution >= 4 is 5.97 Å². The molecule has 2 rings (SSSR count). The average Bonchev–Trinajstić information content (AvgIpc) is 2.80. The molecule has 118 valence electrons. The van der Waals surface area contributed by atoms with Gasteiger partial charge in [0.05, 0.1) is 5.69 Å². The van der Waals surface area contributed by atoms with Crippen LogP contribution in [0.2, 0.25) is 0 Å². The number of nitrogens with zero attached hydrogens (tertiary/aromatic N) is 4. The summed E-state index contributed by atoms with van der Waals surface area (Å²) >= 11 is 0. The number of likely N-dealkylation sites (tertiary alicyclic amines) is 1. The molecule has 1 unspecified atom stereocenters. The molecule has 0 spiro atoms. The molecule has 1 aliphatic rings. The average molecular weight is 294 g/mol. The number of hydrogen-bond acceptors (Lipinski definition) is 4. The Labute approximate surface area is 126 Å². The van der Waals surface area contributed by atoms with Gasteiger partial charge in [0.1, 0.15) is 0 Å². The normalized spacial score (nSPS) is 20.1. The maximum atomic E-state index is 11.3. The third-order valence-electron chi connectivity index (χ3n) is 4.24. The lowest BCUT2D eigenvalue weighted by atomic mass is 10.00. The fourth-order valence-corrected chi connectivity index (χ4v) is 3.05. The second-order valence-electron chi connectivity index (χ2n) is 6.43. The monoisotopic (exact) mass is 294 g/mol. The molecule has 1 fully saturated rings. The molecule has 1 saturated heterocycles. The smallest absolute Gasteiger partial charge is 0.358 e. The summed E-state index contributed by atoms with van der Waals surface area (Å²) in [5.74, 6) is -0.593. The highest BCUT2D eigenvalue weighted by Crippen LogP contribution is 2.19. The minimum Gasteiger partial charge on any atom is -0.476 e. The Hall–Kier alpha value is -1.43. The van der Waals surface area contributed by atoms with Crippen LogP contribution in [0.1, 0.15) is 55.7 Å². The number of carboxylic acids is 1. The molecule has 1 aromatic heterocycles. The van der Waals surface area contributed by atoms with Gasteiger partial charge >= 0.3 is 5.97 Å². The number of piperidine rings is 1. The molecule has 1 aliphatic heterocycles. The van der Waals surface area contributed by atoms with Gasteiger partial charge in [-0.1, -0.05) is 25.5 Å². The van der Waals surface area contributed by atoms with E-state index in [1.54, 1.807) is 4.68 Å². The van der Waals surface area contributed by atoms with E-state index in [0.29, 0.717) is 18.4 Å². The zero-order valence-electron chi connectivity index (χ0n) is 13.2. The Morgan fingerprint density at radius 3 is 2.81 bits per heavy atom. The van der Waals surface area contributed by atoms with Gasteiger partial charge in [0, 0.05) is 12.6 Å². The highest BCUT2D eigenvalue weighted by molar-refractivity contribution is 5.86. The molecule has 6 nitrogen and oxygen atoms in total. The van der Waals surface area contributed by atoms with Crippen LogP contribution in [-0.4, -0.2) is 50.6 Å². The summed E-state index contributed by atoms with van der Waals surface area (Å²) in [4.78, 5) is 13.7. The van der Waals surface area contributed by atoms with E-state index < -0.39 is 5.97 Å². The minimum absolute atomic E-state index is 0.112. The zero-order valence-corrected chi connectivity index (χ0v) is 13.2. The number of aromatic nitrogens is 3. The van der Waals surface area contributed by atoms with Crippen LogP contribution in [0.4, 0.5) is 0 Å². The highest BCUT2D eigenvalue weighted by Gasteiger charge is 2.22. The maximum absolute atomic E-state index is 11.3. The predicted octanol–water partition coefficient (Wildman–Crippen LogP) is 2.05. The molecule has 0 saturated carbocycles. The maximum Gasteiger partial charge on any atom is 0.358 e. The van der Waals surface area contributed by atoms with Gasteiger partial charge in [0.2, 0.25) is 0 Å². The summed E-state index contributed by atoms with van der Waals surface area (Å²) in [6.45, 7) is 6.06. The summed E-state index contributed by atoms with van der Waals surface area (Å²) < 4.78 is 1.80. The van der Waals surface area contributed by atoms with Crippen molar-refractivity contribution in [2.45, 2.75) is 58.5 Å². The molecule has 6 heteroatoms. The molecule has 2 heterocycles. The summed E-state index contributed by atoms with van der Waals surface area (Å²) in [5, 5.41) is 17.1. The van der Waals surface area contributed by atoms with E-state index in [4.69, 9.17) is 0 Å². The number of carbonyl (C=O) groups is 1. The molecule has 0 bridgehead atoms. The Morgan fingerprint density at radius 1 is 1.43 bits per heavy atom. The molecule has 0 aromatic carbocycles. The molecule has 1 N–H and O–H groups in total. The number of rotatable bonds is 6. The summed E-state index contributed by atoms with van der Waals surface area (Å²) in [6.07, 6.45) is 5.49. The largest absolute Gasteiger partial charge is 0.476 e. The van der Waals surface area contributed by atoms with Crippen LogP contribution >= 0.6 is 0 Å². The lowest BCUT2D eigenvalue weighted by Crippen LogP contribution is -2.37. The summed E-state index contributed by atoms with van der Waals surface area (Å²) in [6, 6.07) is 0.572. The van der Waals surface area contributed by atoms with E-state index in [2.05, 4.69) is 36.1 Å². The minimum atomic E-state index is -0.980. The Bertz CT molecular complexity index is 484. The fourth-order valence-electron chi connectivity index (χ4n) is 3.05. The van der Waals surface area contributed by atoms with Gasteiger partial charge in [0.15, 0.2) is 5.69 Å². The van der Waals surface area contributed by atoms with Crippen LogP contribution in [0, 0.1) is 5.92 Å². The Balaban J connectivity index is 2.06. The van der Waals surface area contributed by atoms with Crippen molar-refractivity contribution in [3.63, 3.8) is 0 Å². The zero-order chi connectivity index (χ0) is 15.4. The van der Waals surface area contributed by atoms with Gasteiger partial charge < -0.3 is 10.0 Å². The van der Waals surface area contributed by atoms with E-state index >= 15 is 0 Å². The van der Waals surface area contributed by atoms with Gasteiger partial charge in [-0.25, -0.2) is 9.48 Å². The number of aromatic carboxylic acids is 1. The number of aryl methyl sites for hydroxylation is 1. The Kier molecular flexibility index (Phi) is 5.33. The number of carboxylic acid groups (broad SMARTS) is 1. The van der Waals surface area contributed by atoms with Crippen molar-refractivity contribution in [2.24, 2.45) is 5.92 Å². The van der Waals surface area contributed by atoms with Crippen LogP contribution in [0.15, 0.2) is 0 Å². The third-order valence-corrected chi connectivity index (χ3v) is 4.24. The van der Waals surface area contributed by atoms with E-state index in [0.717, 1.165) is 25.2 Å². The Morgan fingerprint density at radius 2 is 2.19 bits per heavy atom. The van der Waals surface area contributed by atoms with Crippen LogP contribution in [0.5, 0.6) is 0 Å². The first-order valence-corrected chi connectivity index (χ1v) is 7.85. The van der Waals surface area contributed by atoms with Crippen molar-refractivity contribution in [1.29, 1.82) is 0 Å². The van der Waals surface area contributed by atoms with Gasteiger partial charge in [-0.15, -0.1) is 5.10 Å². The second kappa shape index (κ2) is 7.02. The fraction of sp³-hybridized carbons (Fsp3) is 0.800. The van der Waals surface area contributed by atoms with Gasteiger partial charge in [0.25, 0.3) is 0 Å². The van der Waals surface area contributed by atoms with Crippen molar-refractivity contribution in [2.75, 3.05) is 13.6 Å². The molecular formula is C15H26N4O2. The quantitative estimate of drug-likeness (QED) is 0.869. The van der Waals surface area contributed by atoms with Crippen LogP contribution in [-0.2, 0) is 13.0 Å². The molecule has 1 atom stereocenters. The van der Waals surface area contributed by atoms with E-state index in [1.807, 2.05) is 0 Å². The van der Waals surface area contributed by atoms with Crippen molar-refractivity contribution in [3.05, 3.63) is 11.4 Å². The summed E-state index contributed by atoms with van der Waals surface area (Å²) in [5.41, 5.74) is 0.872. The van der Waals surface area contributed by atoms with Gasteiger partial charge in [-0.2, -0.15) is 0 Å². The summed E-state index contributed by atoms with van der Waals surface area (Å²) in [7, 11) is 2.17. The number of hydrogen-bond donors (Lipinski definition) is 1. The highest BCUT2D eigenvalue weighted by atomic mass is 16.4. The van der Waals surface area contributed by atoms with E-state index in [1.165, 1.54) is 19.3 Å². The molecule has 1 aromatic rings. The van der Waals surface area contributed by atoms with Crippen molar-refractivity contribution in [1.82, 2.24) is 19.9 Å². The van der Waals surface area contributed by atoms with Gasteiger partial charge in [-0.05, 0) is 45.2 Å². The van der Waals surface area contributed by atoms with Crippen molar-refractivity contribution < 1.29 is 9.90 Å².